The van der Waals surface area contributed by atoms with Crippen molar-refractivity contribution in [2.24, 2.45) is 11.8 Å². The van der Waals surface area contributed by atoms with Crippen LogP contribution in [0.5, 0.6) is 0 Å². The summed E-state index contributed by atoms with van der Waals surface area (Å²) in [7, 11) is 0. The summed E-state index contributed by atoms with van der Waals surface area (Å²) in [5, 5.41) is 0. The Balaban J connectivity index is 3.50. The lowest BCUT2D eigenvalue weighted by Crippen LogP contribution is -2.08. The Bertz CT molecular complexity index is 214. The second kappa shape index (κ2) is 12.8. The van der Waals surface area contributed by atoms with Crippen molar-refractivity contribution in [2.75, 3.05) is 0 Å². The van der Waals surface area contributed by atoms with Gasteiger partial charge in [-0.15, -0.1) is 0 Å². The molecule has 0 bridgehead atoms. The van der Waals surface area contributed by atoms with E-state index < -0.39 is 0 Å². The Morgan fingerprint density at radius 1 is 0.842 bits per heavy atom. The molecule has 2 atom stereocenters. The van der Waals surface area contributed by atoms with Gasteiger partial charge in [0, 0.05) is 0 Å². The van der Waals surface area contributed by atoms with Crippen LogP contribution in [0.2, 0.25) is 0 Å². The topological polar surface area (TPSA) is 0 Å². The quantitative estimate of drug-likeness (QED) is 0.260. The van der Waals surface area contributed by atoms with E-state index in [1.165, 1.54) is 64.2 Å². The molecule has 0 aliphatic rings. The molecule has 2 unspecified atom stereocenters. The average Bonchev–Trinajstić information content (AvgIpc) is 2.41. The molecular formula is C19H38. The fourth-order valence-corrected chi connectivity index (χ4v) is 2.66. The van der Waals surface area contributed by atoms with Crippen LogP contribution in [0.1, 0.15) is 98.8 Å². The van der Waals surface area contributed by atoms with E-state index in [1.807, 2.05) is 0 Å². The molecule has 0 rings (SSSR count). The first kappa shape index (κ1) is 18.7. The van der Waals surface area contributed by atoms with Gasteiger partial charge in [-0.05, 0) is 38.5 Å². The smallest absolute Gasteiger partial charge is 0.0323 e. The zero-order chi connectivity index (χ0) is 14.5. The van der Waals surface area contributed by atoms with Gasteiger partial charge in [-0.2, -0.15) is 0 Å². The largest absolute Gasteiger partial charge is 0.0887 e. The van der Waals surface area contributed by atoms with Gasteiger partial charge < -0.3 is 0 Å². The number of allylic oxidation sites excluding steroid dienone is 2. The fraction of sp³-hybridized carbons (Fsp3) is 0.895. The van der Waals surface area contributed by atoms with Gasteiger partial charge in [0.25, 0.3) is 0 Å². The van der Waals surface area contributed by atoms with Crippen LogP contribution in [0, 0.1) is 11.8 Å². The molecule has 0 N–H and O–H groups in total. The van der Waals surface area contributed by atoms with Crippen molar-refractivity contribution in [3.63, 3.8) is 0 Å². The summed E-state index contributed by atoms with van der Waals surface area (Å²) in [6.07, 6.45) is 16.4. The molecular weight excluding hydrogens is 228 g/mol. The minimum Gasteiger partial charge on any atom is -0.0887 e. The van der Waals surface area contributed by atoms with Crippen molar-refractivity contribution in [2.45, 2.75) is 98.8 Å². The molecule has 0 aromatic rings. The summed E-state index contributed by atoms with van der Waals surface area (Å²) in [5.41, 5.74) is 1.55. The van der Waals surface area contributed by atoms with E-state index in [4.69, 9.17) is 0 Å². The van der Waals surface area contributed by atoms with Crippen molar-refractivity contribution < 1.29 is 0 Å². The molecule has 0 aromatic carbocycles. The first-order chi connectivity index (χ1) is 9.11. The lowest BCUT2D eigenvalue weighted by Gasteiger charge is -2.20. The molecule has 0 heterocycles. The van der Waals surface area contributed by atoms with E-state index in [2.05, 4.69) is 40.7 Å². The fourth-order valence-electron chi connectivity index (χ4n) is 2.66. The highest BCUT2D eigenvalue weighted by atomic mass is 14.2. The third kappa shape index (κ3) is 11.3. The zero-order valence-electron chi connectivity index (χ0n) is 14.3. The maximum Gasteiger partial charge on any atom is -0.0323 e. The van der Waals surface area contributed by atoms with E-state index in [-0.39, 0.29) is 0 Å². The average molecular weight is 267 g/mol. The van der Waals surface area contributed by atoms with E-state index in [0.717, 1.165) is 11.8 Å². The summed E-state index contributed by atoms with van der Waals surface area (Å²) in [5.74, 6) is 1.82. The normalized spacial score (nSPS) is 15.5. The number of hydrogen-bond donors (Lipinski definition) is 0. The van der Waals surface area contributed by atoms with Crippen LogP contribution in [0.3, 0.4) is 0 Å². The van der Waals surface area contributed by atoms with Crippen molar-refractivity contribution in [1.82, 2.24) is 0 Å². The third-order valence-electron chi connectivity index (χ3n) is 4.71. The summed E-state index contributed by atoms with van der Waals surface area (Å²) in [4.78, 5) is 0. The Kier molecular flexibility index (Phi) is 12.6. The molecule has 0 fully saturated rings. The zero-order valence-corrected chi connectivity index (χ0v) is 14.3. The number of unbranched alkanes of at least 4 members (excludes halogenated alkanes) is 5. The highest BCUT2D eigenvalue weighted by molar-refractivity contribution is 4.94. The molecule has 0 heteroatoms. The molecule has 0 radical (unpaired) electrons. The van der Waals surface area contributed by atoms with Crippen molar-refractivity contribution in [3.8, 4) is 0 Å². The summed E-state index contributed by atoms with van der Waals surface area (Å²) in [6.45, 7) is 11.6. The minimum absolute atomic E-state index is 0.903. The molecule has 0 saturated carbocycles. The van der Waals surface area contributed by atoms with Gasteiger partial charge in [0.2, 0.25) is 0 Å². The minimum atomic E-state index is 0.903. The van der Waals surface area contributed by atoms with Gasteiger partial charge in [0.05, 0.1) is 0 Å². The van der Waals surface area contributed by atoms with Crippen LogP contribution in [0.15, 0.2) is 11.6 Å². The summed E-state index contributed by atoms with van der Waals surface area (Å²) < 4.78 is 0. The second-order valence-corrected chi connectivity index (χ2v) is 6.54. The summed E-state index contributed by atoms with van der Waals surface area (Å²) in [6, 6.07) is 0. The first-order valence-electron chi connectivity index (χ1n) is 8.73. The van der Waals surface area contributed by atoms with Crippen molar-refractivity contribution in [3.05, 3.63) is 11.6 Å². The van der Waals surface area contributed by atoms with E-state index in [9.17, 15) is 0 Å². The van der Waals surface area contributed by atoms with Crippen LogP contribution < -0.4 is 0 Å². The molecule has 0 nitrogen and oxygen atoms in total. The Morgan fingerprint density at radius 3 is 1.95 bits per heavy atom. The first-order valence-corrected chi connectivity index (χ1v) is 8.73. The Morgan fingerprint density at radius 2 is 1.37 bits per heavy atom. The van der Waals surface area contributed by atoms with E-state index in [0.29, 0.717) is 0 Å². The highest BCUT2D eigenvalue weighted by Crippen LogP contribution is 2.24. The van der Waals surface area contributed by atoms with Gasteiger partial charge in [-0.3, -0.25) is 0 Å². The second-order valence-electron chi connectivity index (χ2n) is 6.54. The van der Waals surface area contributed by atoms with Gasteiger partial charge >= 0.3 is 0 Å². The monoisotopic (exact) mass is 266 g/mol. The molecule has 114 valence electrons. The molecule has 0 aliphatic heterocycles. The predicted octanol–water partition coefficient (Wildman–Crippen LogP) is 7.15. The van der Waals surface area contributed by atoms with Crippen LogP contribution >= 0.6 is 0 Å². The van der Waals surface area contributed by atoms with Crippen LogP contribution in [0.25, 0.3) is 0 Å². The molecule has 0 aromatic heterocycles. The SMILES string of the molecule is CC=C(C)CCCC(C)C(C)CCCCCCCC. The lowest BCUT2D eigenvalue weighted by atomic mass is 9.86. The standard InChI is InChI=1S/C19H38/c1-6-8-9-10-11-12-15-18(4)19(5)16-13-14-17(3)7-2/h7,18-19H,6,8-16H2,1-5H3. The highest BCUT2D eigenvalue weighted by Gasteiger charge is 2.11. The predicted molar refractivity (Wildman–Crippen MR) is 89.6 cm³/mol. The maximum atomic E-state index is 2.46. The Hall–Kier alpha value is -0.260. The van der Waals surface area contributed by atoms with Crippen LogP contribution in [-0.4, -0.2) is 0 Å². The van der Waals surface area contributed by atoms with E-state index >= 15 is 0 Å². The maximum absolute atomic E-state index is 2.46. The van der Waals surface area contributed by atoms with Crippen molar-refractivity contribution in [1.29, 1.82) is 0 Å². The van der Waals surface area contributed by atoms with Gasteiger partial charge in [0.1, 0.15) is 0 Å². The molecule has 19 heavy (non-hydrogen) atoms. The number of hydrogen-bond acceptors (Lipinski definition) is 0. The number of rotatable bonds is 12. The molecule has 0 spiro atoms. The van der Waals surface area contributed by atoms with Crippen molar-refractivity contribution >= 4 is 0 Å². The van der Waals surface area contributed by atoms with E-state index in [1.54, 1.807) is 5.57 Å². The lowest BCUT2D eigenvalue weighted by molar-refractivity contribution is 0.326. The van der Waals surface area contributed by atoms with Gasteiger partial charge in [-0.1, -0.05) is 83.8 Å². The Labute approximate surface area is 123 Å². The molecule has 0 saturated heterocycles. The third-order valence-corrected chi connectivity index (χ3v) is 4.71. The van der Waals surface area contributed by atoms with Crippen LogP contribution in [0.4, 0.5) is 0 Å². The molecule has 0 amide bonds. The summed E-state index contributed by atoms with van der Waals surface area (Å²) >= 11 is 0. The molecule has 0 aliphatic carbocycles. The van der Waals surface area contributed by atoms with Crippen LogP contribution in [-0.2, 0) is 0 Å². The van der Waals surface area contributed by atoms with Gasteiger partial charge in [0.15, 0.2) is 0 Å². The van der Waals surface area contributed by atoms with Gasteiger partial charge in [-0.25, -0.2) is 0 Å².